The number of guanidine groups is 1. The van der Waals surface area contributed by atoms with Crippen LogP contribution in [0.3, 0.4) is 0 Å². The van der Waals surface area contributed by atoms with Crippen LogP contribution in [0, 0.1) is 5.82 Å². The normalized spacial score (nSPS) is 11.3. The number of nitrogens with two attached hydrogens (primary N) is 2. The van der Waals surface area contributed by atoms with Gasteiger partial charge in [-0.15, -0.1) is 12.4 Å². The third kappa shape index (κ3) is 7.49. The Bertz CT molecular complexity index is 1460. The number of aromatic nitrogens is 1. The van der Waals surface area contributed by atoms with Crippen molar-refractivity contribution in [1.82, 2.24) is 9.88 Å². The second kappa shape index (κ2) is 13.6. The van der Waals surface area contributed by atoms with Crippen LogP contribution in [0.5, 0.6) is 0 Å². The maximum absolute atomic E-state index is 13.7. The molecule has 0 bridgehead atoms. The van der Waals surface area contributed by atoms with Crippen molar-refractivity contribution in [3.05, 3.63) is 101 Å². The molecule has 4 rings (SSSR count). The molecule has 2 amide bonds. The molecule has 4 aromatic rings. The number of benzene rings is 3. The Hall–Kier alpha value is -4.08. The van der Waals surface area contributed by atoms with Gasteiger partial charge in [0.1, 0.15) is 11.9 Å². The van der Waals surface area contributed by atoms with Crippen LogP contribution in [-0.2, 0) is 16.0 Å². The van der Waals surface area contributed by atoms with Crippen LogP contribution in [0.25, 0.3) is 10.9 Å². The van der Waals surface area contributed by atoms with Crippen LogP contribution < -0.4 is 16.8 Å². The van der Waals surface area contributed by atoms with Crippen LogP contribution >= 0.6 is 24.0 Å². The Morgan fingerprint density at radius 2 is 1.77 bits per heavy atom. The van der Waals surface area contributed by atoms with Gasteiger partial charge in [0, 0.05) is 46.3 Å². The van der Waals surface area contributed by atoms with Crippen molar-refractivity contribution in [2.45, 2.75) is 18.9 Å². The standard InChI is InChI=1S/C28H28ClFN6O2.ClH/c29-23-9-5-4-8-22(23)26(27(38)35-20-6-2-1-3-7-20)36(25(37)12-14-33-28(31)32)15-13-18-17-34-24-16-19(30)10-11-21(18)24;/h1-11,16-17,26,34H,12-15H2,(H,35,38)(H4,31,32,33);1H. The van der Waals surface area contributed by atoms with Gasteiger partial charge in [-0.2, -0.15) is 0 Å². The number of rotatable bonds is 10. The van der Waals surface area contributed by atoms with E-state index in [2.05, 4.69) is 15.3 Å². The molecule has 1 heterocycles. The average Bonchev–Trinajstić information content (AvgIpc) is 3.29. The van der Waals surface area contributed by atoms with E-state index < -0.39 is 11.9 Å². The molecule has 39 heavy (non-hydrogen) atoms. The predicted octanol–water partition coefficient (Wildman–Crippen LogP) is 4.80. The molecule has 0 saturated heterocycles. The first kappa shape index (κ1) is 29.5. The van der Waals surface area contributed by atoms with Crippen molar-refractivity contribution >= 4 is 58.4 Å². The van der Waals surface area contributed by atoms with Crippen LogP contribution in [0.15, 0.2) is 84.0 Å². The summed E-state index contributed by atoms with van der Waals surface area (Å²) in [5.74, 6) is -1.21. The van der Waals surface area contributed by atoms with E-state index in [4.69, 9.17) is 23.1 Å². The molecule has 1 aromatic heterocycles. The SMILES string of the molecule is Cl.NC(N)=NCCC(=O)N(CCc1c[nH]c2cc(F)ccc12)C(C(=O)Nc1ccccc1)c1ccccc1Cl. The zero-order valence-electron chi connectivity index (χ0n) is 20.9. The highest BCUT2D eigenvalue weighted by Crippen LogP contribution is 2.30. The molecule has 3 aromatic carbocycles. The maximum atomic E-state index is 13.7. The van der Waals surface area contributed by atoms with E-state index in [0.717, 1.165) is 10.9 Å². The molecule has 11 heteroatoms. The molecule has 0 aliphatic rings. The Morgan fingerprint density at radius 1 is 1.05 bits per heavy atom. The summed E-state index contributed by atoms with van der Waals surface area (Å²) in [5, 5.41) is 4.09. The first-order valence-corrected chi connectivity index (χ1v) is 12.4. The van der Waals surface area contributed by atoms with E-state index in [0.29, 0.717) is 28.2 Å². The number of halogens is 3. The molecule has 0 spiro atoms. The third-order valence-electron chi connectivity index (χ3n) is 6.09. The molecule has 0 radical (unpaired) electrons. The fourth-order valence-electron chi connectivity index (χ4n) is 4.31. The number of H-pyrrole nitrogens is 1. The Morgan fingerprint density at radius 3 is 2.49 bits per heavy atom. The summed E-state index contributed by atoms with van der Waals surface area (Å²) in [4.78, 5) is 35.8. The summed E-state index contributed by atoms with van der Waals surface area (Å²) in [5.41, 5.74) is 13.5. The van der Waals surface area contributed by atoms with E-state index in [1.54, 1.807) is 60.8 Å². The first-order valence-electron chi connectivity index (χ1n) is 12.0. The van der Waals surface area contributed by atoms with Crippen LogP contribution in [-0.4, -0.2) is 40.7 Å². The minimum Gasteiger partial charge on any atom is -0.370 e. The highest BCUT2D eigenvalue weighted by atomic mass is 35.5. The molecule has 0 fully saturated rings. The Labute approximate surface area is 236 Å². The largest absolute Gasteiger partial charge is 0.370 e. The molecule has 204 valence electrons. The number of aromatic amines is 1. The molecule has 1 atom stereocenters. The molecule has 8 nitrogen and oxygen atoms in total. The molecule has 0 aliphatic carbocycles. The van der Waals surface area contributed by atoms with Gasteiger partial charge in [0.15, 0.2) is 5.96 Å². The van der Waals surface area contributed by atoms with Crippen molar-refractivity contribution in [2.75, 3.05) is 18.4 Å². The van der Waals surface area contributed by atoms with Gasteiger partial charge >= 0.3 is 0 Å². The van der Waals surface area contributed by atoms with Gasteiger partial charge in [-0.1, -0.05) is 48.0 Å². The summed E-state index contributed by atoms with van der Waals surface area (Å²) in [7, 11) is 0. The number of aliphatic imine (C=N–C) groups is 1. The molecule has 0 saturated carbocycles. The molecule has 6 N–H and O–H groups in total. The monoisotopic (exact) mass is 570 g/mol. The number of nitrogens with one attached hydrogen (secondary N) is 2. The zero-order valence-corrected chi connectivity index (χ0v) is 22.5. The fraction of sp³-hybridized carbons (Fsp3) is 0.179. The van der Waals surface area contributed by atoms with Gasteiger partial charge in [-0.05, 0) is 48.4 Å². The van der Waals surface area contributed by atoms with E-state index in [1.165, 1.54) is 17.0 Å². The van der Waals surface area contributed by atoms with Crippen molar-refractivity contribution in [3.8, 4) is 0 Å². The number of hydrogen-bond donors (Lipinski definition) is 4. The van der Waals surface area contributed by atoms with Crippen molar-refractivity contribution in [1.29, 1.82) is 0 Å². The lowest BCUT2D eigenvalue weighted by Crippen LogP contribution is -2.43. The Kier molecular flexibility index (Phi) is 10.3. The lowest BCUT2D eigenvalue weighted by molar-refractivity contribution is -0.138. The fourth-order valence-corrected chi connectivity index (χ4v) is 4.55. The van der Waals surface area contributed by atoms with Crippen molar-refractivity contribution < 1.29 is 14.0 Å². The summed E-state index contributed by atoms with van der Waals surface area (Å²) < 4.78 is 13.7. The molecule has 0 aliphatic heterocycles. The second-order valence-electron chi connectivity index (χ2n) is 8.68. The lowest BCUT2D eigenvalue weighted by Gasteiger charge is -2.32. The first-order chi connectivity index (χ1) is 18.3. The maximum Gasteiger partial charge on any atom is 0.251 e. The second-order valence-corrected chi connectivity index (χ2v) is 9.08. The quantitative estimate of drug-likeness (QED) is 0.161. The van der Waals surface area contributed by atoms with Gasteiger partial charge < -0.3 is 26.7 Å². The molecular weight excluding hydrogens is 542 g/mol. The predicted molar refractivity (Wildman–Crippen MR) is 155 cm³/mol. The smallest absolute Gasteiger partial charge is 0.251 e. The van der Waals surface area contributed by atoms with E-state index >= 15 is 0 Å². The number of hydrogen-bond acceptors (Lipinski definition) is 3. The summed E-state index contributed by atoms with van der Waals surface area (Å²) in [6.45, 7) is 0.253. The van der Waals surface area contributed by atoms with Crippen molar-refractivity contribution in [3.63, 3.8) is 0 Å². The van der Waals surface area contributed by atoms with Gasteiger partial charge in [0.2, 0.25) is 5.91 Å². The van der Waals surface area contributed by atoms with Gasteiger partial charge in [0.05, 0.1) is 6.54 Å². The summed E-state index contributed by atoms with van der Waals surface area (Å²) in [6, 6.07) is 19.4. The topological polar surface area (TPSA) is 130 Å². The lowest BCUT2D eigenvalue weighted by atomic mass is 10.0. The van der Waals surface area contributed by atoms with E-state index in [-0.39, 0.29) is 49.6 Å². The van der Waals surface area contributed by atoms with E-state index in [9.17, 15) is 14.0 Å². The summed E-state index contributed by atoms with van der Waals surface area (Å²) >= 11 is 6.54. The van der Waals surface area contributed by atoms with Crippen LogP contribution in [0.4, 0.5) is 10.1 Å². The zero-order chi connectivity index (χ0) is 27.1. The third-order valence-corrected chi connectivity index (χ3v) is 6.44. The number of amides is 2. The van der Waals surface area contributed by atoms with Crippen LogP contribution in [0.2, 0.25) is 5.02 Å². The number of fused-ring (bicyclic) bond motifs is 1. The highest BCUT2D eigenvalue weighted by Gasteiger charge is 2.32. The highest BCUT2D eigenvalue weighted by molar-refractivity contribution is 6.31. The number of carbonyl (C=O) groups is 2. The number of para-hydroxylation sites is 1. The average molecular weight is 571 g/mol. The minimum atomic E-state index is -1.03. The number of carbonyl (C=O) groups excluding carboxylic acids is 2. The number of anilines is 1. The molecular formula is C28H29Cl2FN6O2. The summed E-state index contributed by atoms with van der Waals surface area (Å²) in [6.07, 6.45) is 2.16. The molecule has 1 unspecified atom stereocenters. The van der Waals surface area contributed by atoms with Gasteiger partial charge in [0.25, 0.3) is 5.91 Å². The van der Waals surface area contributed by atoms with Gasteiger partial charge in [-0.3, -0.25) is 14.6 Å². The van der Waals surface area contributed by atoms with E-state index in [1.807, 2.05) is 6.07 Å². The van der Waals surface area contributed by atoms with Crippen molar-refractivity contribution in [2.24, 2.45) is 16.5 Å². The van der Waals surface area contributed by atoms with Gasteiger partial charge in [-0.25, -0.2) is 4.39 Å². The number of nitrogens with zero attached hydrogens (tertiary/aromatic N) is 2. The minimum absolute atomic E-state index is 0. The Balaban J connectivity index is 0.00000420. The van der Waals surface area contributed by atoms with Crippen LogP contribution in [0.1, 0.15) is 23.6 Å².